The molecule has 20 heavy (non-hydrogen) atoms. The van der Waals surface area contributed by atoms with Gasteiger partial charge in [-0.05, 0) is 37.6 Å². The van der Waals surface area contributed by atoms with Gasteiger partial charge in [-0.25, -0.2) is 5.43 Å². The molecule has 2 aromatic rings. The van der Waals surface area contributed by atoms with Gasteiger partial charge >= 0.3 is 0 Å². The molecular weight excluding hydrogens is 252 g/mol. The summed E-state index contributed by atoms with van der Waals surface area (Å²) < 4.78 is 0. The number of carbonyl (C=O) groups is 1. The Bertz CT molecular complexity index is 663. The van der Waals surface area contributed by atoms with E-state index in [9.17, 15) is 9.90 Å². The van der Waals surface area contributed by atoms with Crippen molar-refractivity contribution in [3.8, 4) is 5.75 Å². The van der Waals surface area contributed by atoms with E-state index < -0.39 is 0 Å². The summed E-state index contributed by atoms with van der Waals surface area (Å²) in [5.74, 6) is -0.300. The maximum Gasteiger partial charge on any atom is 0.271 e. The van der Waals surface area contributed by atoms with Crippen molar-refractivity contribution >= 4 is 11.6 Å². The van der Waals surface area contributed by atoms with E-state index in [2.05, 4.69) is 10.5 Å². The summed E-state index contributed by atoms with van der Waals surface area (Å²) in [6, 6.07) is 14.0. The molecule has 0 bridgehead atoms. The standard InChI is InChI=1S/C16H16N2O2/c1-11-6-3-4-9-15(11)12(2)17-18-16(20)13-7-5-8-14(19)10-13/h3-10,19H,1-2H3,(H,18,20)/b17-12-. The van der Waals surface area contributed by atoms with Crippen molar-refractivity contribution < 1.29 is 9.90 Å². The summed E-state index contributed by atoms with van der Waals surface area (Å²) in [6.07, 6.45) is 0. The molecule has 1 amide bonds. The molecule has 0 atom stereocenters. The molecule has 0 aliphatic heterocycles. The summed E-state index contributed by atoms with van der Waals surface area (Å²) in [4.78, 5) is 11.9. The van der Waals surface area contributed by atoms with E-state index in [0.717, 1.165) is 16.8 Å². The number of hydrazone groups is 1. The highest BCUT2D eigenvalue weighted by Gasteiger charge is 2.06. The molecule has 0 aromatic heterocycles. The van der Waals surface area contributed by atoms with E-state index >= 15 is 0 Å². The molecule has 2 N–H and O–H groups in total. The lowest BCUT2D eigenvalue weighted by molar-refractivity contribution is 0.0954. The molecule has 0 radical (unpaired) electrons. The van der Waals surface area contributed by atoms with E-state index in [4.69, 9.17) is 0 Å². The lowest BCUT2D eigenvalue weighted by atomic mass is 10.1. The summed E-state index contributed by atoms with van der Waals surface area (Å²) in [6.45, 7) is 3.83. The third-order valence-electron chi connectivity index (χ3n) is 2.97. The van der Waals surface area contributed by atoms with Gasteiger partial charge in [0, 0.05) is 11.1 Å². The second kappa shape index (κ2) is 6.02. The molecule has 0 saturated heterocycles. The Kier molecular flexibility index (Phi) is 4.15. The van der Waals surface area contributed by atoms with Crippen LogP contribution < -0.4 is 5.43 Å². The lowest BCUT2D eigenvalue weighted by Gasteiger charge is -2.06. The van der Waals surface area contributed by atoms with Crippen LogP contribution in [0.5, 0.6) is 5.75 Å². The molecule has 0 heterocycles. The molecule has 4 nitrogen and oxygen atoms in total. The highest BCUT2D eigenvalue weighted by Crippen LogP contribution is 2.11. The van der Waals surface area contributed by atoms with Crippen LogP contribution in [0, 0.1) is 6.92 Å². The zero-order valence-corrected chi connectivity index (χ0v) is 11.4. The Balaban J connectivity index is 2.13. The minimum atomic E-state index is -0.353. The fraction of sp³-hybridized carbons (Fsp3) is 0.125. The number of benzene rings is 2. The number of nitrogens with one attached hydrogen (secondary N) is 1. The second-order valence-electron chi connectivity index (χ2n) is 4.50. The molecule has 2 rings (SSSR count). The van der Waals surface area contributed by atoms with E-state index in [1.54, 1.807) is 12.1 Å². The highest BCUT2D eigenvalue weighted by molar-refractivity contribution is 6.01. The largest absolute Gasteiger partial charge is 0.508 e. The monoisotopic (exact) mass is 268 g/mol. The Morgan fingerprint density at radius 1 is 1.15 bits per heavy atom. The molecule has 2 aromatic carbocycles. The minimum Gasteiger partial charge on any atom is -0.508 e. The number of phenolic OH excluding ortho intramolecular Hbond substituents is 1. The average Bonchev–Trinajstić information content (AvgIpc) is 2.45. The smallest absolute Gasteiger partial charge is 0.271 e. The van der Waals surface area contributed by atoms with Crippen LogP contribution in [0.4, 0.5) is 0 Å². The molecule has 0 aliphatic carbocycles. The van der Waals surface area contributed by atoms with Crippen LogP contribution in [0.3, 0.4) is 0 Å². The summed E-state index contributed by atoms with van der Waals surface area (Å²) in [5.41, 5.74) is 5.68. The summed E-state index contributed by atoms with van der Waals surface area (Å²) in [5, 5.41) is 13.4. The molecule has 0 spiro atoms. The SMILES string of the molecule is C/C(=N/NC(=O)c1cccc(O)c1)c1ccccc1C. The van der Waals surface area contributed by atoms with Crippen molar-refractivity contribution in [2.24, 2.45) is 5.10 Å². The molecule has 0 fully saturated rings. The first kappa shape index (κ1) is 13.8. The molecule has 102 valence electrons. The zero-order chi connectivity index (χ0) is 14.5. The number of rotatable bonds is 3. The van der Waals surface area contributed by atoms with Gasteiger partial charge in [0.25, 0.3) is 5.91 Å². The third kappa shape index (κ3) is 3.23. The number of hydrogen-bond acceptors (Lipinski definition) is 3. The highest BCUT2D eigenvalue weighted by atomic mass is 16.3. The minimum absolute atomic E-state index is 0.0530. The van der Waals surface area contributed by atoms with Gasteiger partial charge in [0.15, 0.2) is 0 Å². The van der Waals surface area contributed by atoms with Gasteiger partial charge in [0.1, 0.15) is 5.75 Å². The first-order valence-electron chi connectivity index (χ1n) is 6.27. The fourth-order valence-corrected chi connectivity index (χ4v) is 1.89. The summed E-state index contributed by atoms with van der Waals surface area (Å²) >= 11 is 0. The Morgan fingerprint density at radius 3 is 2.60 bits per heavy atom. The van der Waals surface area contributed by atoms with Crippen molar-refractivity contribution in [1.82, 2.24) is 5.43 Å². The van der Waals surface area contributed by atoms with Crippen molar-refractivity contribution in [3.05, 3.63) is 65.2 Å². The predicted molar refractivity (Wildman–Crippen MR) is 79.0 cm³/mol. The van der Waals surface area contributed by atoms with Crippen molar-refractivity contribution in [1.29, 1.82) is 0 Å². The molecule has 0 saturated carbocycles. The third-order valence-corrected chi connectivity index (χ3v) is 2.97. The number of aryl methyl sites for hydroxylation is 1. The molecular formula is C16H16N2O2. The second-order valence-corrected chi connectivity index (χ2v) is 4.50. The van der Waals surface area contributed by atoms with Crippen LogP contribution in [0.2, 0.25) is 0 Å². The zero-order valence-electron chi connectivity index (χ0n) is 11.4. The Hall–Kier alpha value is -2.62. The van der Waals surface area contributed by atoms with Gasteiger partial charge in [-0.15, -0.1) is 0 Å². The van der Waals surface area contributed by atoms with Crippen LogP contribution >= 0.6 is 0 Å². The molecule has 4 heteroatoms. The number of hydrogen-bond donors (Lipinski definition) is 2. The van der Waals surface area contributed by atoms with Crippen LogP contribution in [0.1, 0.15) is 28.4 Å². The van der Waals surface area contributed by atoms with E-state index in [-0.39, 0.29) is 11.7 Å². The fourth-order valence-electron chi connectivity index (χ4n) is 1.89. The predicted octanol–water partition coefficient (Wildman–Crippen LogP) is 2.85. The van der Waals surface area contributed by atoms with Gasteiger partial charge in [-0.2, -0.15) is 5.10 Å². The topological polar surface area (TPSA) is 61.7 Å². The first-order valence-corrected chi connectivity index (χ1v) is 6.27. The van der Waals surface area contributed by atoms with Crippen molar-refractivity contribution in [2.75, 3.05) is 0 Å². The van der Waals surface area contributed by atoms with Crippen LogP contribution in [-0.4, -0.2) is 16.7 Å². The van der Waals surface area contributed by atoms with Crippen LogP contribution in [0.15, 0.2) is 53.6 Å². The van der Waals surface area contributed by atoms with Gasteiger partial charge in [-0.3, -0.25) is 4.79 Å². The molecule has 0 unspecified atom stereocenters. The number of carbonyl (C=O) groups excluding carboxylic acids is 1. The van der Waals surface area contributed by atoms with E-state index in [0.29, 0.717) is 5.56 Å². The maximum absolute atomic E-state index is 11.9. The molecule has 0 aliphatic rings. The van der Waals surface area contributed by atoms with Crippen LogP contribution in [0.25, 0.3) is 0 Å². The first-order chi connectivity index (χ1) is 9.58. The Morgan fingerprint density at radius 2 is 1.90 bits per heavy atom. The van der Waals surface area contributed by atoms with Gasteiger partial charge in [-0.1, -0.05) is 30.3 Å². The summed E-state index contributed by atoms with van der Waals surface area (Å²) in [7, 11) is 0. The maximum atomic E-state index is 11.9. The Labute approximate surface area is 117 Å². The van der Waals surface area contributed by atoms with Gasteiger partial charge in [0.05, 0.1) is 5.71 Å². The van der Waals surface area contributed by atoms with Crippen molar-refractivity contribution in [3.63, 3.8) is 0 Å². The van der Waals surface area contributed by atoms with Gasteiger partial charge in [0.2, 0.25) is 0 Å². The normalized spacial score (nSPS) is 11.2. The quantitative estimate of drug-likeness (QED) is 0.664. The number of phenols is 1. The lowest BCUT2D eigenvalue weighted by Crippen LogP contribution is -2.19. The van der Waals surface area contributed by atoms with Crippen molar-refractivity contribution in [2.45, 2.75) is 13.8 Å². The van der Waals surface area contributed by atoms with Gasteiger partial charge < -0.3 is 5.11 Å². The number of amides is 1. The average molecular weight is 268 g/mol. The number of nitrogens with zero attached hydrogens (tertiary/aromatic N) is 1. The van der Waals surface area contributed by atoms with E-state index in [1.165, 1.54) is 12.1 Å². The van der Waals surface area contributed by atoms with E-state index in [1.807, 2.05) is 38.1 Å². The van der Waals surface area contributed by atoms with Crippen LogP contribution in [-0.2, 0) is 0 Å². The number of aromatic hydroxyl groups is 1.